The number of halogens is 2. The molecule has 1 atom stereocenters. The smallest absolute Gasteiger partial charge is 0.322 e. The van der Waals surface area contributed by atoms with Gasteiger partial charge in [-0.25, -0.2) is 4.79 Å². The molecule has 0 saturated carbocycles. The van der Waals surface area contributed by atoms with Crippen molar-refractivity contribution in [1.82, 2.24) is 20.4 Å². The standard InChI is InChI=1S/C23H22Cl2N4O2/c1-13(2)12-29-14(3)19(20(26-23(29)30)16-5-4-6-18(25)11-16)22-27-21(28-31-22)15-7-9-17(24)10-8-15/h4-11,13,20H,12H2,1-3H3,(H,26,30). The average Bonchev–Trinajstić information content (AvgIpc) is 3.20. The van der Waals surface area contributed by atoms with Gasteiger partial charge in [0.1, 0.15) is 0 Å². The lowest BCUT2D eigenvalue weighted by Gasteiger charge is -2.36. The maximum absolute atomic E-state index is 12.9. The van der Waals surface area contributed by atoms with E-state index in [9.17, 15) is 4.79 Å². The summed E-state index contributed by atoms with van der Waals surface area (Å²) in [6.45, 7) is 6.60. The van der Waals surface area contributed by atoms with Gasteiger partial charge >= 0.3 is 6.03 Å². The molecule has 1 aliphatic rings. The first-order chi connectivity index (χ1) is 14.8. The molecule has 3 aromatic rings. The van der Waals surface area contributed by atoms with Crippen molar-refractivity contribution in [2.45, 2.75) is 26.8 Å². The van der Waals surface area contributed by atoms with Gasteiger partial charge < -0.3 is 9.84 Å². The van der Waals surface area contributed by atoms with E-state index in [0.717, 1.165) is 22.4 Å². The van der Waals surface area contributed by atoms with Gasteiger partial charge in [-0.3, -0.25) is 4.90 Å². The number of rotatable bonds is 5. The van der Waals surface area contributed by atoms with Gasteiger partial charge in [-0.2, -0.15) is 4.98 Å². The molecule has 6 nitrogen and oxygen atoms in total. The number of hydrogen-bond acceptors (Lipinski definition) is 4. The number of benzene rings is 2. The molecule has 160 valence electrons. The normalized spacial score (nSPS) is 16.8. The molecule has 0 fully saturated rings. The van der Waals surface area contributed by atoms with Crippen LogP contribution < -0.4 is 5.32 Å². The number of aromatic nitrogens is 2. The molecular weight excluding hydrogens is 435 g/mol. The Bertz CT molecular complexity index is 1140. The summed E-state index contributed by atoms with van der Waals surface area (Å²) >= 11 is 12.2. The molecule has 1 aliphatic heterocycles. The molecule has 0 bridgehead atoms. The van der Waals surface area contributed by atoms with Crippen molar-refractivity contribution in [1.29, 1.82) is 0 Å². The van der Waals surface area contributed by atoms with Gasteiger partial charge in [-0.1, -0.05) is 54.3 Å². The number of nitrogens with one attached hydrogen (secondary N) is 1. The van der Waals surface area contributed by atoms with Crippen molar-refractivity contribution in [3.8, 4) is 11.4 Å². The minimum Gasteiger partial charge on any atom is -0.334 e. The van der Waals surface area contributed by atoms with E-state index in [2.05, 4.69) is 29.3 Å². The fourth-order valence-electron chi connectivity index (χ4n) is 3.63. The second-order valence-corrected chi connectivity index (χ2v) is 8.74. The summed E-state index contributed by atoms with van der Waals surface area (Å²) in [6, 6.07) is 14.0. The summed E-state index contributed by atoms with van der Waals surface area (Å²) in [5.41, 5.74) is 3.14. The van der Waals surface area contributed by atoms with Crippen LogP contribution in [-0.4, -0.2) is 27.6 Å². The first-order valence-corrected chi connectivity index (χ1v) is 10.7. The van der Waals surface area contributed by atoms with E-state index in [-0.39, 0.29) is 11.9 Å². The second kappa shape index (κ2) is 8.73. The van der Waals surface area contributed by atoms with Crippen molar-refractivity contribution in [2.75, 3.05) is 6.54 Å². The molecule has 31 heavy (non-hydrogen) atoms. The third kappa shape index (κ3) is 4.45. The van der Waals surface area contributed by atoms with Gasteiger partial charge in [0.05, 0.1) is 11.6 Å². The second-order valence-electron chi connectivity index (χ2n) is 7.87. The van der Waals surface area contributed by atoms with E-state index in [1.165, 1.54) is 0 Å². The predicted octanol–water partition coefficient (Wildman–Crippen LogP) is 6.20. The Balaban J connectivity index is 1.82. The van der Waals surface area contributed by atoms with Crippen LogP contribution in [-0.2, 0) is 0 Å². The number of allylic oxidation sites excluding steroid dienone is 1. The molecule has 1 aromatic heterocycles. The van der Waals surface area contributed by atoms with E-state index in [1.807, 2.05) is 37.3 Å². The highest BCUT2D eigenvalue weighted by molar-refractivity contribution is 6.30. The zero-order chi connectivity index (χ0) is 22.1. The van der Waals surface area contributed by atoms with Crippen LogP contribution in [0.1, 0.15) is 38.3 Å². The van der Waals surface area contributed by atoms with Crippen LogP contribution in [0.5, 0.6) is 0 Å². The minimum absolute atomic E-state index is 0.169. The van der Waals surface area contributed by atoms with Crippen molar-refractivity contribution >= 4 is 34.8 Å². The van der Waals surface area contributed by atoms with Gasteiger partial charge in [0.25, 0.3) is 5.89 Å². The molecule has 8 heteroatoms. The lowest BCUT2D eigenvalue weighted by atomic mass is 9.94. The van der Waals surface area contributed by atoms with Crippen molar-refractivity contribution in [3.05, 3.63) is 75.7 Å². The van der Waals surface area contributed by atoms with Crippen LogP contribution in [0.2, 0.25) is 10.0 Å². The number of carbonyl (C=O) groups excluding carboxylic acids is 1. The molecule has 2 heterocycles. The lowest BCUT2D eigenvalue weighted by molar-refractivity contribution is 0.199. The summed E-state index contributed by atoms with van der Waals surface area (Å²) in [5, 5.41) is 8.45. The van der Waals surface area contributed by atoms with E-state index in [1.54, 1.807) is 23.1 Å². The van der Waals surface area contributed by atoms with Gasteiger partial charge in [0.2, 0.25) is 5.82 Å². The maximum Gasteiger partial charge on any atom is 0.322 e. The zero-order valence-corrected chi connectivity index (χ0v) is 18.9. The largest absolute Gasteiger partial charge is 0.334 e. The number of nitrogens with zero attached hydrogens (tertiary/aromatic N) is 3. The highest BCUT2D eigenvalue weighted by Crippen LogP contribution is 2.38. The van der Waals surface area contributed by atoms with Crippen LogP contribution in [0.4, 0.5) is 4.79 Å². The molecule has 2 aromatic carbocycles. The Morgan fingerprint density at radius 3 is 2.55 bits per heavy atom. The molecule has 0 radical (unpaired) electrons. The van der Waals surface area contributed by atoms with Gasteiger partial charge in [0, 0.05) is 27.9 Å². The third-order valence-electron chi connectivity index (χ3n) is 5.08. The summed E-state index contributed by atoms with van der Waals surface area (Å²) in [6.07, 6.45) is 0. The van der Waals surface area contributed by atoms with Crippen LogP contribution >= 0.6 is 23.2 Å². The molecule has 0 aliphatic carbocycles. The topological polar surface area (TPSA) is 71.3 Å². The Morgan fingerprint density at radius 2 is 1.87 bits per heavy atom. The molecule has 1 N–H and O–H groups in total. The Hall–Kier alpha value is -2.83. The Morgan fingerprint density at radius 1 is 1.13 bits per heavy atom. The van der Waals surface area contributed by atoms with Crippen LogP contribution in [0.3, 0.4) is 0 Å². The van der Waals surface area contributed by atoms with Crippen LogP contribution in [0, 0.1) is 5.92 Å². The van der Waals surface area contributed by atoms with E-state index in [4.69, 9.17) is 27.7 Å². The molecule has 2 amide bonds. The van der Waals surface area contributed by atoms with Gasteiger partial charge in [0.15, 0.2) is 0 Å². The summed E-state index contributed by atoms with van der Waals surface area (Å²) < 4.78 is 5.67. The van der Waals surface area contributed by atoms with E-state index in [0.29, 0.717) is 28.3 Å². The van der Waals surface area contributed by atoms with E-state index >= 15 is 0 Å². The SMILES string of the molecule is CC1=C(c2nc(-c3ccc(Cl)cc3)no2)C(c2cccc(Cl)c2)NC(=O)N1CC(C)C. The van der Waals surface area contributed by atoms with Crippen molar-refractivity contribution in [3.63, 3.8) is 0 Å². The number of amides is 2. The molecule has 4 rings (SSSR count). The van der Waals surface area contributed by atoms with Crippen LogP contribution in [0.15, 0.2) is 58.8 Å². The first-order valence-electron chi connectivity index (χ1n) is 9.97. The highest BCUT2D eigenvalue weighted by Gasteiger charge is 2.36. The average molecular weight is 457 g/mol. The number of hydrogen-bond donors (Lipinski definition) is 1. The maximum atomic E-state index is 12.9. The fourth-order valence-corrected chi connectivity index (χ4v) is 3.95. The molecule has 0 saturated heterocycles. The van der Waals surface area contributed by atoms with Crippen molar-refractivity contribution in [2.24, 2.45) is 5.92 Å². The first kappa shape index (κ1) is 21.4. The molecule has 1 unspecified atom stereocenters. The zero-order valence-electron chi connectivity index (χ0n) is 17.4. The Kier molecular flexibility index (Phi) is 6.03. The molecular formula is C23H22Cl2N4O2. The monoisotopic (exact) mass is 456 g/mol. The molecule has 0 spiro atoms. The lowest BCUT2D eigenvalue weighted by Crippen LogP contribution is -2.47. The Labute approximate surface area is 190 Å². The van der Waals surface area contributed by atoms with Gasteiger partial charge in [-0.15, -0.1) is 0 Å². The quantitative estimate of drug-likeness (QED) is 0.496. The number of urea groups is 1. The van der Waals surface area contributed by atoms with Crippen molar-refractivity contribution < 1.29 is 9.32 Å². The van der Waals surface area contributed by atoms with Crippen LogP contribution in [0.25, 0.3) is 17.0 Å². The minimum atomic E-state index is -0.465. The highest BCUT2D eigenvalue weighted by atomic mass is 35.5. The summed E-state index contributed by atoms with van der Waals surface area (Å²) in [7, 11) is 0. The summed E-state index contributed by atoms with van der Waals surface area (Å²) in [5.74, 6) is 1.09. The van der Waals surface area contributed by atoms with E-state index < -0.39 is 6.04 Å². The summed E-state index contributed by atoms with van der Waals surface area (Å²) in [4.78, 5) is 19.3. The number of carbonyl (C=O) groups is 1. The third-order valence-corrected chi connectivity index (χ3v) is 5.57. The fraction of sp³-hybridized carbons (Fsp3) is 0.261. The van der Waals surface area contributed by atoms with Gasteiger partial charge in [-0.05, 0) is 54.8 Å². The predicted molar refractivity (Wildman–Crippen MR) is 122 cm³/mol.